The Hall–Kier alpha value is -6.10. The molecule has 2 aromatic heterocycles. The highest BCUT2D eigenvalue weighted by Gasteiger charge is 2.23. The van der Waals surface area contributed by atoms with E-state index < -0.39 is 0 Å². The van der Waals surface area contributed by atoms with Crippen LogP contribution in [0.2, 0.25) is 0 Å². The van der Waals surface area contributed by atoms with Gasteiger partial charge in [0.15, 0.2) is 5.78 Å². The lowest BCUT2D eigenvalue weighted by Crippen LogP contribution is -2.37. The first-order valence-electron chi connectivity index (χ1n) is 24.3. The van der Waals surface area contributed by atoms with Crippen LogP contribution in [0.4, 0.5) is 5.69 Å². The third-order valence-electron chi connectivity index (χ3n) is 13.1. The summed E-state index contributed by atoms with van der Waals surface area (Å²) < 4.78 is 13.3. The van der Waals surface area contributed by atoms with Crippen molar-refractivity contribution < 1.29 is 19.1 Å². The van der Waals surface area contributed by atoms with Gasteiger partial charge < -0.3 is 25.2 Å². The van der Waals surface area contributed by atoms with E-state index >= 15 is 0 Å². The number of rotatable bonds is 17. The zero-order valence-electron chi connectivity index (χ0n) is 40.4. The highest BCUT2D eigenvalue weighted by Crippen LogP contribution is 2.35. The Morgan fingerprint density at radius 1 is 0.712 bits per heavy atom. The van der Waals surface area contributed by atoms with E-state index in [-0.39, 0.29) is 11.7 Å². The number of carbonyl (C=O) groups excluding carboxylic acids is 2. The maximum atomic E-state index is 13.5. The molecule has 1 unspecified atom stereocenters. The molecule has 4 heterocycles. The molecule has 10 nitrogen and oxygen atoms in total. The minimum atomic E-state index is -0.124. The van der Waals surface area contributed by atoms with E-state index in [4.69, 9.17) is 9.47 Å². The number of hydrogen-bond acceptors (Lipinski definition) is 7. The van der Waals surface area contributed by atoms with Gasteiger partial charge >= 0.3 is 0 Å². The number of nitrogens with zero attached hydrogens (tertiary/aromatic N) is 3. The van der Waals surface area contributed by atoms with Crippen LogP contribution >= 0.6 is 0 Å². The van der Waals surface area contributed by atoms with E-state index in [1.54, 1.807) is 12.1 Å². The first-order chi connectivity index (χ1) is 32.0. The summed E-state index contributed by atoms with van der Waals surface area (Å²) in [5, 5.41) is 5.29. The van der Waals surface area contributed by atoms with Gasteiger partial charge in [0.25, 0.3) is 5.91 Å². The molecular formula is C56H70N6O4. The van der Waals surface area contributed by atoms with Crippen molar-refractivity contribution in [1.29, 1.82) is 0 Å². The quantitative estimate of drug-likeness (QED) is 0.0784. The van der Waals surface area contributed by atoms with Gasteiger partial charge in [-0.1, -0.05) is 45.1 Å². The summed E-state index contributed by atoms with van der Waals surface area (Å²) in [6, 6.07) is 28.4. The average Bonchev–Trinajstić information content (AvgIpc) is 3.93. The number of carbonyl (C=O) groups is 2. The van der Waals surface area contributed by atoms with Gasteiger partial charge in [0, 0.05) is 101 Å². The van der Waals surface area contributed by atoms with Crippen LogP contribution in [-0.2, 0) is 0 Å². The molecule has 10 heteroatoms. The summed E-state index contributed by atoms with van der Waals surface area (Å²) in [4.78, 5) is 34.7. The zero-order valence-corrected chi connectivity index (χ0v) is 40.4. The summed E-state index contributed by atoms with van der Waals surface area (Å²) >= 11 is 0. The summed E-state index contributed by atoms with van der Waals surface area (Å²) in [6.07, 6.45) is 14.6. The van der Waals surface area contributed by atoms with Crippen molar-refractivity contribution in [3.8, 4) is 11.5 Å². The Bertz CT molecular complexity index is 2650. The molecule has 3 N–H and O–H groups in total. The minimum absolute atomic E-state index is 0.0102. The zero-order chi connectivity index (χ0) is 46.7. The Morgan fingerprint density at radius 2 is 1.39 bits per heavy atom. The third-order valence-corrected chi connectivity index (χ3v) is 13.1. The predicted octanol–water partition coefficient (Wildman–Crippen LogP) is 12.2. The number of aromatic amines is 1. The van der Waals surface area contributed by atoms with Gasteiger partial charge in [-0.15, -0.1) is 0 Å². The molecule has 6 aromatic rings. The molecule has 0 saturated carbocycles. The summed E-state index contributed by atoms with van der Waals surface area (Å²) in [6.45, 7) is 22.5. The second kappa shape index (κ2) is 22.4. The van der Waals surface area contributed by atoms with Crippen LogP contribution in [0.5, 0.6) is 11.5 Å². The van der Waals surface area contributed by atoms with Gasteiger partial charge in [0.1, 0.15) is 11.5 Å². The number of ketones is 1. The highest BCUT2D eigenvalue weighted by atomic mass is 16.5. The lowest BCUT2D eigenvalue weighted by atomic mass is 9.95. The average molecular weight is 891 g/mol. The van der Waals surface area contributed by atoms with Gasteiger partial charge in [-0.25, -0.2) is 0 Å². The van der Waals surface area contributed by atoms with Crippen molar-refractivity contribution in [1.82, 2.24) is 19.5 Å². The number of H-pyrrole nitrogens is 1. The molecule has 66 heavy (non-hydrogen) atoms. The largest absolute Gasteiger partial charge is 0.494 e. The Kier molecular flexibility index (Phi) is 16.2. The standard InChI is InChI=1S/C30H39N3O2.C26H31N3O2/c1-6-24(7-2)32-17-15-22(16-18-32)27-20-33(31-21(4)5)28-14-13-23(19-26(27)28)30(34)25-11-9-10-12-29(25)35-8-3;1-4-18(3)29-14-12-19(13-15-29)24-17-27-25-11-8-21(16-23(24)25)28-26(30)20-6-9-22(10-7-20)31-5-2/h9-15,19-21,24,31H,6-8,16-18H2,1-5H3;6-12,16-18,27H,4-5,13-15H2,1-3H3,(H,28,30). The van der Waals surface area contributed by atoms with E-state index in [0.717, 1.165) is 72.3 Å². The van der Waals surface area contributed by atoms with E-state index in [0.29, 0.717) is 53.8 Å². The van der Waals surface area contributed by atoms with Crippen molar-refractivity contribution in [2.45, 2.75) is 106 Å². The molecule has 348 valence electrons. The molecule has 1 amide bonds. The molecule has 8 rings (SSSR count). The molecule has 1 atom stereocenters. The fourth-order valence-corrected chi connectivity index (χ4v) is 9.29. The summed E-state index contributed by atoms with van der Waals surface area (Å²) in [5.74, 6) is 1.27. The number of para-hydroxylation sites is 1. The van der Waals surface area contributed by atoms with Crippen LogP contribution in [0, 0.1) is 0 Å². The molecule has 0 fully saturated rings. The van der Waals surface area contributed by atoms with Gasteiger partial charge in [-0.2, -0.15) is 0 Å². The monoisotopic (exact) mass is 891 g/mol. The van der Waals surface area contributed by atoms with Crippen LogP contribution < -0.4 is 20.2 Å². The van der Waals surface area contributed by atoms with Crippen molar-refractivity contribution in [2.75, 3.05) is 50.1 Å². The van der Waals surface area contributed by atoms with Gasteiger partial charge in [-0.05, 0) is 151 Å². The number of ether oxygens (including phenoxy) is 2. The molecule has 4 aromatic carbocycles. The molecular weight excluding hydrogens is 821 g/mol. The van der Waals surface area contributed by atoms with Crippen molar-refractivity contribution in [3.63, 3.8) is 0 Å². The van der Waals surface area contributed by atoms with Gasteiger partial charge in [-0.3, -0.25) is 24.1 Å². The number of nitrogens with one attached hydrogen (secondary N) is 3. The molecule has 0 aliphatic carbocycles. The number of fused-ring (bicyclic) bond motifs is 2. The maximum absolute atomic E-state index is 13.5. The van der Waals surface area contributed by atoms with Crippen LogP contribution in [0.15, 0.2) is 109 Å². The SMILES string of the molecule is CCOc1ccc(C(=O)Nc2ccc3[nH]cc(C4=CCN(C(C)CC)CC4)c3c2)cc1.CCOc1ccccc1C(=O)c1ccc2c(c1)c(C1=CCN(C(CC)CC)CC1)cn2NC(C)C. The fraction of sp³-hybridized carbons (Fsp3) is 0.393. The van der Waals surface area contributed by atoms with E-state index in [1.807, 2.05) is 68.4 Å². The van der Waals surface area contributed by atoms with Crippen molar-refractivity contribution in [2.24, 2.45) is 0 Å². The molecule has 0 bridgehead atoms. The van der Waals surface area contributed by atoms with Gasteiger partial charge in [0.2, 0.25) is 0 Å². The van der Waals surface area contributed by atoms with Gasteiger partial charge in [0.05, 0.1) is 24.3 Å². The highest BCUT2D eigenvalue weighted by molar-refractivity contribution is 6.13. The summed E-state index contributed by atoms with van der Waals surface area (Å²) in [5.41, 5.74) is 13.6. The Morgan fingerprint density at radius 3 is 2.05 bits per heavy atom. The topological polar surface area (TPSA) is 104 Å². The Labute approximate surface area is 392 Å². The second-order valence-electron chi connectivity index (χ2n) is 17.7. The predicted molar refractivity (Wildman–Crippen MR) is 274 cm³/mol. The summed E-state index contributed by atoms with van der Waals surface area (Å²) in [7, 11) is 0. The van der Waals surface area contributed by atoms with Crippen molar-refractivity contribution >= 4 is 50.3 Å². The molecule has 0 radical (unpaired) electrons. The number of aromatic nitrogens is 2. The molecule has 0 spiro atoms. The van der Waals surface area contributed by atoms with E-state index in [1.165, 1.54) is 41.5 Å². The maximum Gasteiger partial charge on any atom is 0.255 e. The van der Waals surface area contributed by atoms with Crippen LogP contribution in [-0.4, -0.2) is 88.7 Å². The number of benzene rings is 4. The molecule has 0 saturated heterocycles. The Balaban J connectivity index is 0.000000198. The normalized spacial score (nSPS) is 15.0. The lowest BCUT2D eigenvalue weighted by Gasteiger charge is -2.33. The van der Waals surface area contributed by atoms with Crippen molar-refractivity contribution in [3.05, 3.63) is 137 Å². The second-order valence-corrected chi connectivity index (χ2v) is 17.7. The van der Waals surface area contributed by atoms with E-state index in [9.17, 15) is 9.59 Å². The van der Waals surface area contributed by atoms with Crippen LogP contribution in [0.3, 0.4) is 0 Å². The van der Waals surface area contributed by atoms with Crippen LogP contribution in [0.25, 0.3) is 33.0 Å². The smallest absolute Gasteiger partial charge is 0.255 e. The number of anilines is 1. The lowest BCUT2D eigenvalue weighted by molar-refractivity contribution is 0.102. The minimum Gasteiger partial charge on any atom is -0.494 e. The van der Waals surface area contributed by atoms with Crippen LogP contribution in [0.1, 0.15) is 125 Å². The first-order valence-corrected chi connectivity index (χ1v) is 24.3. The first kappa shape index (κ1) is 47.9. The third kappa shape index (κ3) is 11.1. The fourth-order valence-electron chi connectivity index (χ4n) is 9.29. The molecule has 2 aliphatic heterocycles. The number of hydrogen-bond donors (Lipinski definition) is 3. The molecule has 2 aliphatic rings. The van der Waals surface area contributed by atoms with E-state index in [2.05, 4.69) is 114 Å². The number of amides is 1.